The highest BCUT2D eigenvalue weighted by molar-refractivity contribution is 6.30. The lowest BCUT2D eigenvalue weighted by molar-refractivity contribution is 0.120. The highest BCUT2D eigenvalue weighted by Crippen LogP contribution is 2.29. The third-order valence-corrected chi connectivity index (χ3v) is 4.39. The van der Waals surface area contributed by atoms with E-state index < -0.39 is 12.2 Å². The maximum atomic E-state index is 13.3. The van der Waals surface area contributed by atoms with Gasteiger partial charge in [0.25, 0.3) is 0 Å². The van der Waals surface area contributed by atoms with E-state index in [0.717, 1.165) is 11.3 Å². The lowest BCUT2D eigenvalue weighted by atomic mass is 10.1. The van der Waals surface area contributed by atoms with Crippen LogP contribution in [0.4, 0.5) is 4.39 Å². The van der Waals surface area contributed by atoms with E-state index in [1.54, 1.807) is 41.9 Å². The number of hydrogen-bond donors (Lipinski definition) is 2. The molecule has 2 aromatic carbocycles. The van der Waals surface area contributed by atoms with Gasteiger partial charge in [0, 0.05) is 10.6 Å². The van der Waals surface area contributed by atoms with E-state index in [9.17, 15) is 14.6 Å². The number of halogens is 2. The van der Waals surface area contributed by atoms with Crippen molar-refractivity contribution < 1.29 is 14.6 Å². The molecule has 0 fully saturated rings. The molecule has 3 rings (SSSR count). The summed E-state index contributed by atoms with van der Waals surface area (Å²) in [6.07, 6.45) is -0.407. The molecule has 0 aliphatic heterocycles. The van der Waals surface area contributed by atoms with Gasteiger partial charge in [0.05, 0.1) is 29.3 Å². The Kier molecular flexibility index (Phi) is 5.71. The normalized spacial score (nSPS) is 13.6. The summed E-state index contributed by atoms with van der Waals surface area (Å²) in [6.45, 7) is 1.68. The molecule has 2 atom stereocenters. The lowest BCUT2D eigenvalue weighted by Crippen LogP contribution is -2.06. The fourth-order valence-corrected chi connectivity index (χ4v) is 2.84. The fraction of sp³-hybridized carbons (Fsp3) is 0.250. The molecule has 1 heterocycles. The van der Waals surface area contributed by atoms with Gasteiger partial charge in [-0.3, -0.25) is 0 Å². The molecule has 3 aromatic rings. The second-order valence-corrected chi connectivity index (χ2v) is 6.73. The molecule has 1 aromatic heterocycles. The van der Waals surface area contributed by atoms with E-state index in [-0.39, 0.29) is 5.82 Å². The minimum Gasteiger partial charge on any atom is -0.393 e. The molecule has 4 nitrogen and oxygen atoms in total. The van der Waals surface area contributed by atoms with Crippen LogP contribution in [0.3, 0.4) is 0 Å². The van der Waals surface area contributed by atoms with Crippen molar-refractivity contribution in [3.05, 3.63) is 71.1 Å². The van der Waals surface area contributed by atoms with Crippen LogP contribution in [0.2, 0.25) is 5.02 Å². The monoisotopic (exact) mass is 374 g/mol. The van der Waals surface area contributed by atoms with E-state index in [0.29, 0.717) is 29.2 Å². The van der Waals surface area contributed by atoms with Crippen molar-refractivity contribution in [3.8, 4) is 16.9 Å². The molecule has 0 amide bonds. The molecule has 2 unspecified atom stereocenters. The van der Waals surface area contributed by atoms with Crippen LogP contribution in [0, 0.1) is 5.82 Å². The Morgan fingerprint density at radius 3 is 2.31 bits per heavy atom. The van der Waals surface area contributed by atoms with Gasteiger partial charge in [-0.25, -0.2) is 9.07 Å². The Bertz CT molecular complexity index is 798. The summed E-state index contributed by atoms with van der Waals surface area (Å²) in [5, 5.41) is 25.0. The van der Waals surface area contributed by atoms with Crippen LogP contribution in [0.1, 0.15) is 31.6 Å². The number of aromatic nitrogens is 2. The van der Waals surface area contributed by atoms with Crippen LogP contribution >= 0.6 is 11.6 Å². The Balaban J connectivity index is 2.02. The first kappa shape index (κ1) is 18.6. The van der Waals surface area contributed by atoms with E-state index >= 15 is 0 Å². The van der Waals surface area contributed by atoms with Gasteiger partial charge < -0.3 is 10.2 Å². The number of aliphatic hydroxyl groups is 2. The van der Waals surface area contributed by atoms with Gasteiger partial charge in [0.1, 0.15) is 5.82 Å². The Morgan fingerprint density at radius 2 is 1.69 bits per heavy atom. The summed E-state index contributed by atoms with van der Waals surface area (Å²) in [6, 6.07) is 15.1. The van der Waals surface area contributed by atoms with E-state index in [1.807, 2.05) is 12.1 Å². The standard InChI is InChI=1S/C20H20ClFN2O2/c1-13(25)2-11-20(26)18-12-19(14-3-5-15(21)6-4-14)24(23-18)17-9-7-16(22)8-10-17/h3-10,12-13,20,25-26H,2,11H2,1H3. The fourth-order valence-electron chi connectivity index (χ4n) is 2.71. The first-order valence-corrected chi connectivity index (χ1v) is 8.80. The minimum atomic E-state index is -0.794. The van der Waals surface area contributed by atoms with Crippen LogP contribution in [0.15, 0.2) is 54.6 Å². The summed E-state index contributed by atoms with van der Waals surface area (Å²) >= 11 is 5.97. The second-order valence-electron chi connectivity index (χ2n) is 6.29. The van der Waals surface area contributed by atoms with Crippen molar-refractivity contribution in [2.75, 3.05) is 0 Å². The summed E-state index contributed by atoms with van der Waals surface area (Å²) in [7, 11) is 0. The zero-order valence-electron chi connectivity index (χ0n) is 14.3. The van der Waals surface area contributed by atoms with Crippen LogP contribution in [-0.4, -0.2) is 26.1 Å². The molecule has 2 N–H and O–H groups in total. The summed E-state index contributed by atoms with van der Waals surface area (Å²) in [4.78, 5) is 0. The molecule has 136 valence electrons. The quantitative estimate of drug-likeness (QED) is 0.666. The third-order valence-electron chi connectivity index (χ3n) is 4.14. The van der Waals surface area contributed by atoms with Crippen molar-refractivity contribution in [2.45, 2.75) is 32.0 Å². The SMILES string of the molecule is CC(O)CCC(O)c1cc(-c2ccc(Cl)cc2)n(-c2ccc(F)cc2)n1. The summed E-state index contributed by atoms with van der Waals surface area (Å²) < 4.78 is 14.9. The molecule has 26 heavy (non-hydrogen) atoms. The molecule has 6 heteroatoms. The van der Waals surface area contributed by atoms with Crippen molar-refractivity contribution in [3.63, 3.8) is 0 Å². The summed E-state index contributed by atoms with van der Waals surface area (Å²) in [5.41, 5.74) is 2.82. The smallest absolute Gasteiger partial charge is 0.123 e. The number of hydrogen-bond acceptors (Lipinski definition) is 3. The van der Waals surface area contributed by atoms with Crippen LogP contribution in [0.25, 0.3) is 16.9 Å². The van der Waals surface area contributed by atoms with Gasteiger partial charge in [-0.2, -0.15) is 5.10 Å². The number of aliphatic hydroxyl groups excluding tert-OH is 2. The number of rotatable bonds is 6. The molecule has 0 aliphatic rings. The zero-order chi connectivity index (χ0) is 18.7. The number of benzene rings is 2. The van der Waals surface area contributed by atoms with Crippen molar-refractivity contribution in [2.24, 2.45) is 0 Å². The molecule has 0 aliphatic carbocycles. The van der Waals surface area contributed by atoms with E-state index in [2.05, 4.69) is 5.10 Å². The highest BCUT2D eigenvalue weighted by Gasteiger charge is 2.18. The molecular formula is C20H20ClFN2O2. The largest absolute Gasteiger partial charge is 0.393 e. The average Bonchev–Trinajstić information content (AvgIpc) is 3.06. The van der Waals surface area contributed by atoms with Gasteiger partial charge in [-0.1, -0.05) is 23.7 Å². The predicted molar refractivity (Wildman–Crippen MR) is 99.8 cm³/mol. The highest BCUT2D eigenvalue weighted by atomic mass is 35.5. The summed E-state index contributed by atoms with van der Waals surface area (Å²) in [5.74, 6) is -0.328. The van der Waals surface area contributed by atoms with Crippen molar-refractivity contribution >= 4 is 11.6 Å². The maximum absolute atomic E-state index is 13.3. The molecule has 0 bridgehead atoms. The Morgan fingerprint density at radius 1 is 1.04 bits per heavy atom. The molecular weight excluding hydrogens is 355 g/mol. The second kappa shape index (κ2) is 7.99. The van der Waals surface area contributed by atoms with Gasteiger partial charge in [-0.15, -0.1) is 0 Å². The Hall–Kier alpha value is -2.21. The predicted octanol–water partition coefficient (Wildman–Crippen LogP) is 4.53. The van der Waals surface area contributed by atoms with E-state index in [4.69, 9.17) is 11.6 Å². The van der Waals surface area contributed by atoms with Gasteiger partial charge in [-0.05, 0) is 62.2 Å². The molecule has 0 spiro atoms. The van der Waals surface area contributed by atoms with E-state index in [1.165, 1.54) is 12.1 Å². The van der Waals surface area contributed by atoms with Crippen molar-refractivity contribution in [1.82, 2.24) is 9.78 Å². The zero-order valence-corrected chi connectivity index (χ0v) is 15.1. The van der Waals surface area contributed by atoms with Gasteiger partial charge >= 0.3 is 0 Å². The van der Waals surface area contributed by atoms with Gasteiger partial charge in [0.15, 0.2) is 0 Å². The number of nitrogens with zero attached hydrogens (tertiary/aromatic N) is 2. The molecule has 0 saturated heterocycles. The first-order chi connectivity index (χ1) is 12.4. The third kappa shape index (κ3) is 4.30. The van der Waals surface area contributed by atoms with Crippen LogP contribution < -0.4 is 0 Å². The first-order valence-electron chi connectivity index (χ1n) is 8.42. The minimum absolute atomic E-state index is 0.328. The Labute approximate surface area is 156 Å². The van der Waals surface area contributed by atoms with Gasteiger partial charge in [0.2, 0.25) is 0 Å². The average molecular weight is 375 g/mol. The van der Waals surface area contributed by atoms with Crippen LogP contribution in [0.5, 0.6) is 0 Å². The maximum Gasteiger partial charge on any atom is 0.123 e. The molecule has 0 radical (unpaired) electrons. The molecule has 0 saturated carbocycles. The van der Waals surface area contributed by atoms with Crippen molar-refractivity contribution in [1.29, 1.82) is 0 Å². The van der Waals surface area contributed by atoms with Crippen LogP contribution in [-0.2, 0) is 0 Å². The topological polar surface area (TPSA) is 58.3 Å². The lowest BCUT2D eigenvalue weighted by Gasteiger charge is -2.09.